The number of aryl methyl sites for hydroxylation is 1. The van der Waals surface area contributed by atoms with Crippen LogP contribution in [-0.4, -0.2) is 6.54 Å². The molecule has 3 heteroatoms. The summed E-state index contributed by atoms with van der Waals surface area (Å²) in [7, 11) is 0. The Labute approximate surface area is 104 Å². The maximum absolute atomic E-state index is 3.19. The number of rotatable bonds is 0. The quantitative estimate of drug-likeness (QED) is 0.644. The minimum Gasteiger partial charge on any atom is -0.308 e. The van der Waals surface area contributed by atoms with Gasteiger partial charge in [0.1, 0.15) is 0 Å². The van der Waals surface area contributed by atoms with E-state index in [2.05, 4.69) is 40.7 Å². The molecule has 0 aliphatic carbocycles. The zero-order valence-electron chi connectivity index (χ0n) is 10.5. The van der Waals surface area contributed by atoms with Crippen LogP contribution in [0.3, 0.4) is 0 Å². The summed E-state index contributed by atoms with van der Waals surface area (Å²) in [5.41, 5.74) is 12.0. The Balaban J connectivity index is 1.91. The minimum atomic E-state index is 1.02. The van der Waals surface area contributed by atoms with Crippen LogP contribution in [0.2, 0.25) is 0 Å². The highest BCUT2D eigenvalue weighted by molar-refractivity contribution is 5.44. The van der Waals surface area contributed by atoms with Gasteiger partial charge in [-0.1, -0.05) is 37.8 Å². The first kappa shape index (κ1) is 12.4. The Hall–Kier alpha value is -1.06. The molecule has 0 radical (unpaired) electrons. The minimum absolute atomic E-state index is 1.02. The SMILES string of the molecule is c1cc2cc(c1)NNNCCCCCCCC2. The zero-order chi connectivity index (χ0) is 11.8. The Morgan fingerprint density at radius 1 is 0.882 bits per heavy atom. The average molecular weight is 233 g/mol. The summed E-state index contributed by atoms with van der Waals surface area (Å²) in [4.78, 5) is 0. The summed E-state index contributed by atoms with van der Waals surface area (Å²) >= 11 is 0. The Morgan fingerprint density at radius 2 is 1.71 bits per heavy atom. The van der Waals surface area contributed by atoms with Crippen molar-refractivity contribution >= 4 is 5.69 Å². The molecule has 1 aromatic carbocycles. The third-order valence-electron chi connectivity index (χ3n) is 3.24. The molecule has 1 aliphatic heterocycles. The van der Waals surface area contributed by atoms with Gasteiger partial charge in [-0.05, 0) is 37.0 Å². The highest BCUT2D eigenvalue weighted by Crippen LogP contribution is 2.14. The normalized spacial score (nSPS) is 19.1. The summed E-state index contributed by atoms with van der Waals surface area (Å²) in [6.45, 7) is 1.02. The molecule has 1 heterocycles. The summed E-state index contributed by atoms with van der Waals surface area (Å²) in [5.74, 6) is 0. The van der Waals surface area contributed by atoms with E-state index in [1.807, 2.05) is 0 Å². The van der Waals surface area contributed by atoms with E-state index in [-0.39, 0.29) is 0 Å². The van der Waals surface area contributed by atoms with Gasteiger partial charge in [-0.2, -0.15) is 5.53 Å². The first-order valence-corrected chi connectivity index (χ1v) is 6.78. The number of benzene rings is 1. The van der Waals surface area contributed by atoms with Gasteiger partial charge >= 0.3 is 0 Å². The number of hydrazine groups is 2. The fourth-order valence-corrected chi connectivity index (χ4v) is 2.23. The van der Waals surface area contributed by atoms with Gasteiger partial charge in [-0.3, -0.25) is 0 Å². The van der Waals surface area contributed by atoms with Crippen molar-refractivity contribution in [3.8, 4) is 0 Å². The molecule has 0 aromatic heterocycles. The van der Waals surface area contributed by atoms with E-state index in [9.17, 15) is 0 Å². The number of hydrogen-bond acceptors (Lipinski definition) is 3. The first-order chi connectivity index (χ1) is 8.45. The van der Waals surface area contributed by atoms with Crippen molar-refractivity contribution in [2.24, 2.45) is 0 Å². The largest absolute Gasteiger partial charge is 0.308 e. The van der Waals surface area contributed by atoms with E-state index >= 15 is 0 Å². The summed E-state index contributed by atoms with van der Waals surface area (Å²) in [6.07, 6.45) is 9.20. The van der Waals surface area contributed by atoms with Crippen molar-refractivity contribution in [2.75, 3.05) is 12.0 Å². The smallest absolute Gasteiger partial charge is 0.0503 e. The molecule has 0 spiro atoms. The molecule has 0 fully saturated rings. The topological polar surface area (TPSA) is 36.1 Å². The molecule has 17 heavy (non-hydrogen) atoms. The number of fused-ring (bicyclic) bond motifs is 2. The maximum atomic E-state index is 3.19. The lowest BCUT2D eigenvalue weighted by molar-refractivity contribution is 0.529. The van der Waals surface area contributed by atoms with E-state index in [4.69, 9.17) is 0 Å². The average Bonchev–Trinajstić information content (AvgIpc) is 2.36. The second-order valence-corrected chi connectivity index (χ2v) is 4.75. The van der Waals surface area contributed by atoms with Crippen LogP contribution in [0.1, 0.15) is 44.1 Å². The lowest BCUT2D eigenvalue weighted by Gasteiger charge is -2.12. The lowest BCUT2D eigenvalue weighted by Crippen LogP contribution is -2.37. The van der Waals surface area contributed by atoms with Crippen molar-refractivity contribution in [3.63, 3.8) is 0 Å². The van der Waals surface area contributed by atoms with Crippen molar-refractivity contribution in [1.29, 1.82) is 0 Å². The predicted molar refractivity (Wildman–Crippen MR) is 72.6 cm³/mol. The predicted octanol–water partition coefficient (Wildman–Crippen LogP) is 3.00. The molecule has 1 aromatic rings. The van der Waals surface area contributed by atoms with E-state index in [0.29, 0.717) is 0 Å². The van der Waals surface area contributed by atoms with Crippen LogP contribution in [0, 0.1) is 0 Å². The zero-order valence-corrected chi connectivity index (χ0v) is 10.5. The highest BCUT2D eigenvalue weighted by Gasteiger charge is 1.98. The molecule has 0 amide bonds. The molecule has 94 valence electrons. The lowest BCUT2D eigenvalue weighted by atomic mass is 10.0. The van der Waals surface area contributed by atoms with Gasteiger partial charge in [0.05, 0.1) is 5.69 Å². The van der Waals surface area contributed by atoms with Gasteiger partial charge in [0, 0.05) is 6.54 Å². The molecule has 3 N–H and O–H groups in total. The third kappa shape index (κ3) is 4.75. The van der Waals surface area contributed by atoms with Crippen molar-refractivity contribution in [1.82, 2.24) is 11.0 Å². The Kier molecular flexibility index (Phi) is 5.33. The van der Waals surface area contributed by atoms with E-state index < -0.39 is 0 Å². The van der Waals surface area contributed by atoms with Gasteiger partial charge < -0.3 is 5.43 Å². The number of hydrogen-bond donors (Lipinski definition) is 3. The maximum Gasteiger partial charge on any atom is 0.0503 e. The van der Waals surface area contributed by atoms with E-state index in [1.165, 1.54) is 50.5 Å². The van der Waals surface area contributed by atoms with Crippen LogP contribution >= 0.6 is 0 Å². The molecule has 0 atom stereocenters. The van der Waals surface area contributed by atoms with Crippen LogP contribution in [0.25, 0.3) is 0 Å². The molecule has 1 aliphatic rings. The molecule has 2 bridgehead atoms. The van der Waals surface area contributed by atoms with E-state index in [0.717, 1.165) is 12.2 Å². The fourth-order valence-electron chi connectivity index (χ4n) is 2.23. The Morgan fingerprint density at radius 3 is 2.65 bits per heavy atom. The monoisotopic (exact) mass is 233 g/mol. The molecular weight excluding hydrogens is 210 g/mol. The van der Waals surface area contributed by atoms with Crippen molar-refractivity contribution in [3.05, 3.63) is 29.8 Å². The summed E-state index contributed by atoms with van der Waals surface area (Å²) in [6, 6.07) is 8.64. The van der Waals surface area contributed by atoms with Crippen LogP contribution < -0.4 is 16.4 Å². The Bertz CT molecular complexity index is 298. The van der Waals surface area contributed by atoms with Crippen molar-refractivity contribution < 1.29 is 0 Å². The number of nitrogens with one attached hydrogen (secondary N) is 3. The van der Waals surface area contributed by atoms with E-state index in [1.54, 1.807) is 0 Å². The van der Waals surface area contributed by atoms with Gasteiger partial charge in [0.2, 0.25) is 0 Å². The summed E-state index contributed by atoms with van der Waals surface area (Å²) < 4.78 is 0. The summed E-state index contributed by atoms with van der Waals surface area (Å²) in [5, 5.41) is 0. The molecule has 2 rings (SSSR count). The van der Waals surface area contributed by atoms with Gasteiger partial charge in [0.15, 0.2) is 0 Å². The van der Waals surface area contributed by atoms with Crippen LogP contribution in [-0.2, 0) is 6.42 Å². The van der Waals surface area contributed by atoms with Gasteiger partial charge in [0.25, 0.3) is 0 Å². The standard InChI is InChI=1S/C14H23N3/c1-2-4-6-11-15-17-16-14-10-7-9-13(12-14)8-5-3-1/h7,9-10,12,15-17H,1-6,8,11H2. The molecule has 0 saturated carbocycles. The molecular formula is C14H23N3. The second-order valence-electron chi connectivity index (χ2n) is 4.75. The van der Waals surface area contributed by atoms with Crippen LogP contribution in [0.4, 0.5) is 5.69 Å². The van der Waals surface area contributed by atoms with Gasteiger partial charge in [-0.15, -0.1) is 0 Å². The van der Waals surface area contributed by atoms with Gasteiger partial charge in [-0.25, -0.2) is 5.43 Å². The first-order valence-electron chi connectivity index (χ1n) is 6.78. The van der Waals surface area contributed by atoms with Crippen LogP contribution in [0.5, 0.6) is 0 Å². The highest BCUT2D eigenvalue weighted by atomic mass is 15.6. The number of anilines is 1. The molecule has 0 unspecified atom stereocenters. The second kappa shape index (κ2) is 7.30. The van der Waals surface area contributed by atoms with Crippen LogP contribution in [0.15, 0.2) is 24.3 Å². The molecule has 0 saturated heterocycles. The third-order valence-corrected chi connectivity index (χ3v) is 3.24. The molecule has 3 nitrogen and oxygen atoms in total. The van der Waals surface area contributed by atoms with Crippen molar-refractivity contribution in [2.45, 2.75) is 44.9 Å². The fraction of sp³-hybridized carbons (Fsp3) is 0.571.